The van der Waals surface area contributed by atoms with Gasteiger partial charge >= 0.3 is 6.18 Å². The van der Waals surface area contributed by atoms with E-state index in [1.54, 1.807) is 12.1 Å². The number of halogens is 3. The molecule has 28 heavy (non-hydrogen) atoms. The van der Waals surface area contributed by atoms with Gasteiger partial charge < -0.3 is 20.2 Å². The molecule has 0 radical (unpaired) electrons. The minimum atomic E-state index is -4.48. The zero-order chi connectivity index (χ0) is 20.1. The van der Waals surface area contributed by atoms with Gasteiger partial charge in [0.2, 0.25) is 0 Å². The fraction of sp³-hybridized carbons (Fsp3) is 0.158. The van der Waals surface area contributed by atoms with Crippen LogP contribution in [0.3, 0.4) is 0 Å². The predicted octanol–water partition coefficient (Wildman–Crippen LogP) is 3.90. The first-order chi connectivity index (χ1) is 13.3. The zero-order valence-electron chi connectivity index (χ0n) is 14.4. The number of furan rings is 1. The Balaban J connectivity index is 1.73. The van der Waals surface area contributed by atoms with E-state index >= 15 is 0 Å². The number of rotatable bonds is 6. The number of aliphatic hydroxyl groups excluding tert-OH is 1. The van der Waals surface area contributed by atoms with Gasteiger partial charge in [-0.15, -0.1) is 0 Å². The lowest BCUT2D eigenvalue weighted by molar-refractivity contribution is -0.137. The number of anilines is 2. The zero-order valence-corrected chi connectivity index (χ0v) is 14.4. The highest BCUT2D eigenvalue weighted by Crippen LogP contribution is 2.31. The van der Waals surface area contributed by atoms with Gasteiger partial charge in [0.05, 0.1) is 23.9 Å². The van der Waals surface area contributed by atoms with E-state index in [9.17, 15) is 23.1 Å². The lowest BCUT2D eigenvalue weighted by atomic mass is 10.1. The first-order valence-electron chi connectivity index (χ1n) is 8.23. The van der Waals surface area contributed by atoms with E-state index in [-0.39, 0.29) is 23.6 Å². The standard InChI is InChI=1S/C19H16F3N3O3/c20-19(21,22)12-4-1-5-13(10-12)25-17-14(6-2-8-23-17)18(27)24-11-15(26)16-7-3-9-28-16/h1-10,15,26H,11H2,(H,23,25)(H,24,27). The van der Waals surface area contributed by atoms with E-state index in [1.165, 1.54) is 36.7 Å². The number of aromatic nitrogens is 1. The summed E-state index contributed by atoms with van der Waals surface area (Å²) in [6.45, 7) is -0.107. The highest BCUT2D eigenvalue weighted by molar-refractivity contribution is 5.99. The Bertz CT molecular complexity index is 943. The maximum atomic E-state index is 12.9. The van der Waals surface area contributed by atoms with Crippen molar-refractivity contribution >= 4 is 17.4 Å². The molecule has 1 amide bonds. The van der Waals surface area contributed by atoms with E-state index in [2.05, 4.69) is 15.6 Å². The molecule has 0 aliphatic rings. The van der Waals surface area contributed by atoms with Crippen molar-refractivity contribution in [3.05, 3.63) is 77.9 Å². The van der Waals surface area contributed by atoms with Crippen molar-refractivity contribution < 1.29 is 27.5 Å². The Morgan fingerprint density at radius 2 is 2.00 bits per heavy atom. The molecule has 1 atom stereocenters. The van der Waals surface area contributed by atoms with Crippen LogP contribution >= 0.6 is 0 Å². The third kappa shape index (κ3) is 4.68. The van der Waals surface area contributed by atoms with Crippen LogP contribution in [0.2, 0.25) is 0 Å². The average molecular weight is 391 g/mol. The molecule has 9 heteroatoms. The lowest BCUT2D eigenvalue weighted by Crippen LogP contribution is -2.29. The summed E-state index contributed by atoms with van der Waals surface area (Å²) >= 11 is 0. The largest absolute Gasteiger partial charge is 0.467 e. The van der Waals surface area contributed by atoms with E-state index in [0.717, 1.165) is 12.1 Å². The van der Waals surface area contributed by atoms with Gasteiger partial charge in [0.25, 0.3) is 5.91 Å². The number of pyridine rings is 1. The average Bonchev–Trinajstić information content (AvgIpc) is 3.21. The molecule has 0 aliphatic carbocycles. The fourth-order valence-corrected chi connectivity index (χ4v) is 2.46. The summed E-state index contributed by atoms with van der Waals surface area (Å²) in [6, 6.07) is 10.7. The van der Waals surface area contributed by atoms with Gasteiger partial charge in [-0.05, 0) is 42.5 Å². The number of nitrogens with one attached hydrogen (secondary N) is 2. The molecule has 0 saturated heterocycles. The first kappa shape index (κ1) is 19.4. The SMILES string of the molecule is O=C(NCC(O)c1ccco1)c1cccnc1Nc1cccc(C(F)(F)F)c1. The van der Waals surface area contributed by atoms with E-state index in [1.807, 2.05) is 0 Å². The molecule has 0 spiro atoms. The van der Waals surface area contributed by atoms with Crippen LogP contribution in [0.15, 0.2) is 65.4 Å². The van der Waals surface area contributed by atoms with Gasteiger partial charge in [-0.3, -0.25) is 4.79 Å². The van der Waals surface area contributed by atoms with Gasteiger partial charge in [-0.1, -0.05) is 6.07 Å². The number of hydrogen-bond donors (Lipinski definition) is 3. The van der Waals surface area contributed by atoms with Crippen molar-refractivity contribution in [2.75, 3.05) is 11.9 Å². The number of alkyl halides is 3. The number of benzene rings is 1. The van der Waals surface area contributed by atoms with Gasteiger partial charge in [-0.25, -0.2) is 4.98 Å². The Morgan fingerprint density at radius 1 is 1.18 bits per heavy atom. The smallest absolute Gasteiger partial charge is 0.416 e. The van der Waals surface area contributed by atoms with Gasteiger partial charge in [0, 0.05) is 11.9 Å². The normalized spacial score (nSPS) is 12.4. The molecule has 0 bridgehead atoms. The summed E-state index contributed by atoms with van der Waals surface area (Å²) in [5.74, 6) is -0.159. The highest BCUT2D eigenvalue weighted by atomic mass is 19.4. The van der Waals surface area contributed by atoms with Crippen molar-refractivity contribution in [1.29, 1.82) is 0 Å². The highest BCUT2D eigenvalue weighted by Gasteiger charge is 2.30. The lowest BCUT2D eigenvalue weighted by Gasteiger charge is -2.14. The van der Waals surface area contributed by atoms with Crippen LogP contribution in [-0.2, 0) is 6.18 Å². The molecule has 3 aromatic rings. The molecule has 3 N–H and O–H groups in total. The maximum Gasteiger partial charge on any atom is 0.416 e. The molecule has 0 saturated carbocycles. The minimum absolute atomic E-state index is 0.0896. The number of carbonyl (C=O) groups excluding carboxylic acids is 1. The Hall–Kier alpha value is -3.33. The van der Waals surface area contributed by atoms with Gasteiger partial charge in [0.1, 0.15) is 17.7 Å². The molecular formula is C19H16F3N3O3. The molecule has 1 unspecified atom stereocenters. The molecular weight excluding hydrogens is 375 g/mol. The van der Waals surface area contributed by atoms with Crippen LogP contribution in [-0.4, -0.2) is 22.5 Å². The van der Waals surface area contributed by atoms with Crippen LogP contribution in [0.5, 0.6) is 0 Å². The van der Waals surface area contributed by atoms with Crippen LogP contribution in [0.25, 0.3) is 0 Å². The molecule has 0 aliphatic heterocycles. The predicted molar refractivity (Wildman–Crippen MR) is 95.0 cm³/mol. The Kier molecular flexibility index (Phi) is 5.65. The second-order valence-electron chi connectivity index (χ2n) is 5.84. The number of aliphatic hydroxyl groups is 1. The second-order valence-corrected chi connectivity index (χ2v) is 5.84. The number of amides is 1. The van der Waals surface area contributed by atoms with Gasteiger partial charge in [0.15, 0.2) is 0 Å². The quantitative estimate of drug-likeness (QED) is 0.593. The molecule has 0 fully saturated rings. The van der Waals surface area contributed by atoms with Crippen LogP contribution in [0.4, 0.5) is 24.7 Å². The summed E-state index contributed by atoms with van der Waals surface area (Å²) in [7, 11) is 0. The van der Waals surface area contributed by atoms with E-state index in [4.69, 9.17) is 4.42 Å². The molecule has 146 valence electrons. The van der Waals surface area contributed by atoms with Crippen molar-refractivity contribution in [2.45, 2.75) is 12.3 Å². The van der Waals surface area contributed by atoms with Crippen molar-refractivity contribution in [2.24, 2.45) is 0 Å². The first-order valence-corrected chi connectivity index (χ1v) is 8.23. The topological polar surface area (TPSA) is 87.4 Å². The molecule has 2 aromatic heterocycles. The number of nitrogens with zero attached hydrogens (tertiary/aromatic N) is 1. The van der Waals surface area contributed by atoms with E-state index < -0.39 is 23.8 Å². The third-order valence-electron chi connectivity index (χ3n) is 3.83. The Labute approximate surface area is 158 Å². The molecule has 6 nitrogen and oxygen atoms in total. The van der Waals surface area contributed by atoms with E-state index in [0.29, 0.717) is 5.76 Å². The monoisotopic (exact) mass is 391 g/mol. The van der Waals surface area contributed by atoms with Crippen molar-refractivity contribution in [1.82, 2.24) is 10.3 Å². The third-order valence-corrected chi connectivity index (χ3v) is 3.83. The van der Waals surface area contributed by atoms with Crippen molar-refractivity contribution in [3.63, 3.8) is 0 Å². The number of carbonyl (C=O) groups is 1. The fourth-order valence-electron chi connectivity index (χ4n) is 2.46. The van der Waals surface area contributed by atoms with Crippen LogP contribution in [0.1, 0.15) is 27.8 Å². The van der Waals surface area contributed by atoms with Crippen molar-refractivity contribution in [3.8, 4) is 0 Å². The summed E-state index contributed by atoms with van der Waals surface area (Å²) < 4.78 is 43.7. The Morgan fingerprint density at radius 3 is 2.71 bits per heavy atom. The maximum absolute atomic E-state index is 12.9. The molecule has 3 rings (SSSR count). The van der Waals surface area contributed by atoms with Crippen LogP contribution < -0.4 is 10.6 Å². The second kappa shape index (κ2) is 8.13. The molecule has 2 heterocycles. The number of hydrogen-bond acceptors (Lipinski definition) is 5. The minimum Gasteiger partial charge on any atom is -0.467 e. The van der Waals surface area contributed by atoms with Crippen LogP contribution in [0, 0.1) is 0 Å². The molecule has 1 aromatic carbocycles. The summed E-state index contributed by atoms with van der Waals surface area (Å²) in [4.78, 5) is 16.5. The summed E-state index contributed by atoms with van der Waals surface area (Å²) in [6.07, 6.45) is -2.71. The van der Waals surface area contributed by atoms with Gasteiger partial charge in [-0.2, -0.15) is 13.2 Å². The summed E-state index contributed by atoms with van der Waals surface area (Å²) in [5.41, 5.74) is -0.564. The summed E-state index contributed by atoms with van der Waals surface area (Å²) in [5, 5.41) is 15.2.